The van der Waals surface area contributed by atoms with Gasteiger partial charge in [-0.1, -0.05) is 0 Å². The maximum atomic E-state index is 14.4. The summed E-state index contributed by atoms with van der Waals surface area (Å²) in [7, 11) is 0. The highest BCUT2D eigenvalue weighted by molar-refractivity contribution is 6.20. The smallest absolute Gasteiger partial charge is 0.200 e. The van der Waals surface area contributed by atoms with Crippen LogP contribution < -0.4 is 0 Å². The molecular formula is C20H2F12O2. The molecule has 0 N–H and O–H groups in total. The quantitative estimate of drug-likeness (QED) is 0.195. The molecule has 0 saturated carbocycles. The van der Waals surface area contributed by atoms with E-state index in [2.05, 4.69) is 0 Å². The van der Waals surface area contributed by atoms with Crippen LogP contribution in [-0.4, -0.2) is 11.6 Å². The van der Waals surface area contributed by atoms with Gasteiger partial charge in [-0.2, -0.15) is 0 Å². The average Bonchev–Trinajstić information content (AvgIpc) is 2.80. The van der Waals surface area contributed by atoms with Gasteiger partial charge in [0.1, 0.15) is 0 Å². The molecule has 0 amide bonds. The van der Waals surface area contributed by atoms with Gasteiger partial charge in [0.2, 0.25) is 0 Å². The third-order valence-corrected chi connectivity index (χ3v) is 4.42. The number of rotatable bonds is 4. The SMILES string of the molecule is O=C(c1cc(F)c(F)c(F)c1F)c1c(F)c(F)c(F)c(F)c1C(=O)c1cc(F)c(F)c(F)c1F. The maximum Gasteiger partial charge on any atom is 0.200 e. The fraction of sp³-hybridized carbons (Fsp3) is 0. The number of hydrogen-bond acceptors (Lipinski definition) is 2. The Morgan fingerprint density at radius 2 is 0.647 bits per heavy atom. The average molecular weight is 502 g/mol. The van der Waals surface area contributed by atoms with Crippen LogP contribution in [0.15, 0.2) is 12.1 Å². The molecule has 0 bridgehead atoms. The normalized spacial score (nSPS) is 11.2. The Morgan fingerprint density at radius 1 is 0.382 bits per heavy atom. The number of carbonyl (C=O) groups is 2. The second-order valence-corrected chi connectivity index (χ2v) is 6.36. The zero-order chi connectivity index (χ0) is 25.8. The van der Waals surface area contributed by atoms with E-state index in [9.17, 15) is 62.3 Å². The summed E-state index contributed by atoms with van der Waals surface area (Å²) < 4.78 is 164. The molecular weight excluding hydrogens is 500 g/mol. The van der Waals surface area contributed by atoms with Crippen molar-refractivity contribution in [1.82, 2.24) is 0 Å². The van der Waals surface area contributed by atoms with Gasteiger partial charge in [-0.05, 0) is 12.1 Å². The van der Waals surface area contributed by atoms with Crippen molar-refractivity contribution in [3.8, 4) is 0 Å². The van der Waals surface area contributed by atoms with E-state index in [0.717, 1.165) is 0 Å². The van der Waals surface area contributed by atoms with Crippen LogP contribution in [0, 0.1) is 69.8 Å². The predicted molar refractivity (Wildman–Crippen MR) is 85.7 cm³/mol. The molecule has 0 atom stereocenters. The zero-order valence-corrected chi connectivity index (χ0v) is 15.5. The van der Waals surface area contributed by atoms with E-state index in [4.69, 9.17) is 0 Å². The van der Waals surface area contributed by atoms with Crippen LogP contribution >= 0.6 is 0 Å². The molecule has 14 heteroatoms. The number of carbonyl (C=O) groups excluding carboxylic acids is 2. The molecule has 0 spiro atoms. The van der Waals surface area contributed by atoms with Crippen LogP contribution in [0.4, 0.5) is 52.7 Å². The lowest BCUT2D eigenvalue weighted by Gasteiger charge is -2.14. The van der Waals surface area contributed by atoms with Gasteiger partial charge in [-0.3, -0.25) is 9.59 Å². The molecule has 0 aliphatic carbocycles. The number of halogens is 12. The van der Waals surface area contributed by atoms with E-state index in [0.29, 0.717) is 0 Å². The highest BCUT2D eigenvalue weighted by atomic mass is 19.2. The monoisotopic (exact) mass is 502 g/mol. The van der Waals surface area contributed by atoms with E-state index < -0.39 is 116 Å². The second-order valence-electron chi connectivity index (χ2n) is 6.36. The van der Waals surface area contributed by atoms with Crippen molar-refractivity contribution >= 4 is 11.6 Å². The Labute approximate surface area is 179 Å². The zero-order valence-electron chi connectivity index (χ0n) is 15.5. The summed E-state index contributed by atoms with van der Waals surface area (Å²) in [5.41, 5.74) is -8.55. The standard InChI is InChI=1S/C20H2F12O2/c21-5-1-3(9(23)15(29)11(5)25)19(33)7-8(14(28)18(32)17(31)13(7)27)20(34)4-2-6(22)12(26)16(30)10(4)24/h1-2H. The molecule has 0 unspecified atom stereocenters. The summed E-state index contributed by atoms with van der Waals surface area (Å²) in [4.78, 5) is 25.0. The number of benzene rings is 3. The van der Waals surface area contributed by atoms with Crippen LogP contribution in [0.25, 0.3) is 0 Å². The molecule has 0 saturated heterocycles. The van der Waals surface area contributed by atoms with Crippen molar-refractivity contribution in [1.29, 1.82) is 0 Å². The van der Waals surface area contributed by atoms with Crippen molar-refractivity contribution < 1.29 is 62.3 Å². The molecule has 0 radical (unpaired) electrons. The first-order valence-corrected chi connectivity index (χ1v) is 8.33. The minimum absolute atomic E-state index is 0.416. The van der Waals surface area contributed by atoms with Crippen LogP contribution in [-0.2, 0) is 0 Å². The van der Waals surface area contributed by atoms with Crippen LogP contribution in [0.1, 0.15) is 31.8 Å². The Bertz CT molecular complexity index is 1310. The summed E-state index contributed by atoms with van der Waals surface area (Å²) in [6.45, 7) is 0. The lowest BCUT2D eigenvalue weighted by molar-refractivity contribution is 0.0988. The second kappa shape index (κ2) is 8.50. The molecule has 2 nitrogen and oxygen atoms in total. The van der Waals surface area contributed by atoms with E-state index >= 15 is 0 Å². The first-order chi connectivity index (χ1) is 15.7. The highest BCUT2D eigenvalue weighted by Gasteiger charge is 2.37. The van der Waals surface area contributed by atoms with E-state index in [1.54, 1.807) is 0 Å². The first-order valence-electron chi connectivity index (χ1n) is 8.33. The summed E-state index contributed by atoms with van der Waals surface area (Å²) >= 11 is 0. The van der Waals surface area contributed by atoms with Crippen molar-refractivity contribution in [3.63, 3.8) is 0 Å². The topological polar surface area (TPSA) is 34.1 Å². The lowest BCUT2D eigenvalue weighted by atomic mass is 9.91. The van der Waals surface area contributed by atoms with Gasteiger partial charge in [0.15, 0.2) is 81.4 Å². The minimum Gasteiger partial charge on any atom is -0.288 e. The van der Waals surface area contributed by atoms with E-state index in [1.165, 1.54) is 0 Å². The van der Waals surface area contributed by atoms with Crippen molar-refractivity contribution in [2.45, 2.75) is 0 Å². The van der Waals surface area contributed by atoms with Gasteiger partial charge in [0.25, 0.3) is 0 Å². The number of hydrogen-bond donors (Lipinski definition) is 0. The fourth-order valence-electron chi connectivity index (χ4n) is 2.80. The molecule has 3 aromatic rings. The molecule has 0 aliphatic rings. The van der Waals surface area contributed by atoms with Crippen LogP contribution in [0.5, 0.6) is 0 Å². The minimum atomic E-state index is -2.82. The molecule has 3 aromatic carbocycles. The van der Waals surface area contributed by atoms with Gasteiger partial charge in [0, 0.05) is 0 Å². The summed E-state index contributed by atoms with van der Waals surface area (Å²) in [6.07, 6.45) is 0. The summed E-state index contributed by atoms with van der Waals surface area (Å²) in [6, 6.07) is -0.832. The highest BCUT2D eigenvalue weighted by Crippen LogP contribution is 2.31. The predicted octanol–water partition coefficient (Wildman–Crippen LogP) is 5.82. The van der Waals surface area contributed by atoms with Crippen molar-refractivity contribution in [3.05, 3.63) is 104 Å². The Hall–Kier alpha value is -3.84. The van der Waals surface area contributed by atoms with Gasteiger partial charge >= 0.3 is 0 Å². The van der Waals surface area contributed by atoms with Gasteiger partial charge in [0.05, 0.1) is 22.3 Å². The Kier molecular flexibility index (Phi) is 6.20. The molecule has 34 heavy (non-hydrogen) atoms. The lowest BCUT2D eigenvalue weighted by Crippen LogP contribution is -2.21. The van der Waals surface area contributed by atoms with Gasteiger partial charge in [-0.25, -0.2) is 52.7 Å². The van der Waals surface area contributed by atoms with Gasteiger partial charge < -0.3 is 0 Å². The summed E-state index contributed by atoms with van der Waals surface area (Å²) in [5, 5.41) is 0. The van der Waals surface area contributed by atoms with Crippen LogP contribution in [0.2, 0.25) is 0 Å². The van der Waals surface area contributed by atoms with E-state index in [-0.39, 0.29) is 0 Å². The third-order valence-electron chi connectivity index (χ3n) is 4.42. The molecule has 0 heterocycles. The largest absolute Gasteiger partial charge is 0.288 e. The Morgan fingerprint density at radius 3 is 0.941 bits per heavy atom. The third kappa shape index (κ3) is 3.58. The summed E-state index contributed by atoms with van der Waals surface area (Å²) in [5.74, 6) is -36.1. The van der Waals surface area contributed by atoms with Crippen molar-refractivity contribution in [2.24, 2.45) is 0 Å². The van der Waals surface area contributed by atoms with E-state index in [1.807, 2.05) is 0 Å². The molecule has 0 fully saturated rings. The molecule has 178 valence electrons. The van der Waals surface area contributed by atoms with Crippen LogP contribution in [0.3, 0.4) is 0 Å². The molecule has 3 rings (SSSR count). The van der Waals surface area contributed by atoms with Crippen molar-refractivity contribution in [2.75, 3.05) is 0 Å². The number of ketones is 2. The molecule has 0 aromatic heterocycles. The maximum absolute atomic E-state index is 14.4. The Balaban J connectivity index is 2.41. The van der Waals surface area contributed by atoms with Gasteiger partial charge in [-0.15, -0.1) is 0 Å². The molecule has 0 aliphatic heterocycles. The fourth-order valence-corrected chi connectivity index (χ4v) is 2.80. The first kappa shape index (κ1) is 24.8.